The molecular weight excluding hydrogens is 487 g/mol. The van der Waals surface area contributed by atoms with E-state index in [1.54, 1.807) is 41.0 Å². The van der Waals surface area contributed by atoms with Gasteiger partial charge in [-0.15, -0.1) is 13.2 Å². The Hall–Kier alpha value is -3.50. The normalized spacial score (nSPS) is 11.8. The molecule has 2 aromatic carbocycles. The lowest BCUT2D eigenvalue weighted by Crippen LogP contribution is -2.39. The molecule has 0 saturated carbocycles. The largest absolute Gasteiger partial charge is 0.573 e. The molecule has 184 valence electrons. The molecule has 1 N–H and O–H groups in total. The number of aliphatic hydroxyl groups is 1. The van der Waals surface area contributed by atoms with Crippen LogP contribution in [0.5, 0.6) is 5.75 Å². The summed E-state index contributed by atoms with van der Waals surface area (Å²) >= 11 is 5.99. The summed E-state index contributed by atoms with van der Waals surface area (Å²) in [6, 6.07) is 13.9. The third-order valence-electron chi connectivity index (χ3n) is 5.56. The highest BCUT2D eigenvalue weighted by atomic mass is 35.5. The van der Waals surface area contributed by atoms with Crippen LogP contribution in [0.4, 0.5) is 13.2 Å². The first-order valence-corrected chi connectivity index (χ1v) is 11.0. The minimum Gasteiger partial charge on any atom is -0.406 e. The smallest absolute Gasteiger partial charge is 0.406 e. The van der Waals surface area contributed by atoms with Gasteiger partial charge in [0.2, 0.25) is 0 Å². The molecule has 0 spiro atoms. The first kappa shape index (κ1) is 24.6. The Kier molecular flexibility index (Phi) is 6.77. The van der Waals surface area contributed by atoms with Gasteiger partial charge in [-0.1, -0.05) is 35.9 Å². The van der Waals surface area contributed by atoms with E-state index in [-0.39, 0.29) is 31.6 Å². The van der Waals surface area contributed by atoms with Crippen molar-refractivity contribution in [3.8, 4) is 17.0 Å². The van der Waals surface area contributed by atoms with Gasteiger partial charge < -0.3 is 14.4 Å². The number of rotatable bonds is 7. The molecule has 4 aromatic rings. The topological polar surface area (TPSA) is 78.4 Å². The molecule has 2 aromatic heterocycles. The highest BCUT2D eigenvalue weighted by Gasteiger charge is 2.31. The van der Waals surface area contributed by atoms with Crippen molar-refractivity contribution in [1.82, 2.24) is 13.7 Å². The lowest BCUT2D eigenvalue weighted by Gasteiger charge is -2.14. The fraction of sp³-hybridized carbons (Fsp3) is 0.250. The molecule has 0 unspecified atom stereocenters. The van der Waals surface area contributed by atoms with Crippen molar-refractivity contribution in [2.75, 3.05) is 6.61 Å². The number of nitrogens with zero attached hydrogens (tertiary/aromatic N) is 3. The van der Waals surface area contributed by atoms with E-state index in [1.165, 1.54) is 29.8 Å². The van der Waals surface area contributed by atoms with Crippen LogP contribution in [0.1, 0.15) is 12.0 Å². The van der Waals surface area contributed by atoms with Gasteiger partial charge in [0, 0.05) is 37.3 Å². The van der Waals surface area contributed by atoms with Crippen LogP contribution in [0, 0.1) is 0 Å². The number of hydrogen-bond acceptors (Lipinski definition) is 4. The Balaban J connectivity index is 1.98. The average molecular weight is 508 g/mol. The van der Waals surface area contributed by atoms with Crippen molar-refractivity contribution in [2.24, 2.45) is 7.05 Å². The molecule has 0 aliphatic heterocycles. The number of alkyl halides is 3. The monoisotopic (exact) mass is 507 g/mol. The van der Waals surface area contributed by atoms with Gasteiger partial charge in [-0.05, 0) is 42.3 Å². The van der Waals surface area contributed by atoms with Gasteiger partial charge in [-0.25, -0.2) is 4.79 Å². The highest BCUT2D eigenvalue weighted by Crippen LogP contribution is 2.31. The molecule has 0 atom stereocenters. The molecule has 0 bridgehead atoms. The number of fused-ring (bicyclic) bond motifs is 1. The third-order valence-corrected chi connectivity index (χ3v) is 5.81. The van der Waals surface area contributed by atoms with Gasteiger partial charge in [-0.3, -0.25) is 13.9 Å². The van der Waals surface area contributed by atoms with Gasteiger partial charge in [0.25, 0.3) is 5.56 Å². The summed E-state index contributed by atoms with van der Waals surface area (Å²) in [6.45, 7) is 0.0127. The van der Waals surface area contributed by atoms with Gasteiger partial charge in [0.05, 0.1) is 11.2 Å². The SMILES string of the molecule is Cn1c(=O)n(CCCO)c(=O)c2c1cc(-c1cccc(OC(F)(F)F)c1)n2Cc1ccc(Cl)cc1. The zero-order valence-corrected chi connectivity index (χ0v) is 19.3. The molecule has 7 nitrogen and oxygen atoms in total. The van der Waals surface area contributed by atoms with Gasteiger partial charge in [0.15, 0.2) is 0 Å². The van der Waals surface area contributed by atoms with Crippen molar-refractivity contribution >= 4 is 22.6 Å². The van der Waals surface area contributed by atoms with Crippen molar-refractivity contribution < 1.29 is 23.0 Å². The van der Waals surface area contributed by atoms with Crippen molar-refractivity contribution in [1.29, 1.82) is 0 Å². The van der Waals surface area contributed by atoms with Crippen LogP contribution >= 0.6 is 11.6 Å². The molecule has 0 radical (unpaired) electrons. The second-order valence-electron chi connectivity index (χ2n) is 7.93. The molecule has 0 amide bonds. The fourth-order valence-corrected chi connectivity index (χ4v) is 4.09. The lowest BCUT2D eigenvalue weighted by molar-refractivity contribution is -0.274. The Labute approximate surface area is 202 Å². The predicted octanol–water partition coefficient (Wildman–Crippen LogP) is 4.15. The quantitative estimate of drug-likeness (QED) is 0.407. The summed E-state index contributed by atoms with van der Waals surface area (Å²) in [5.41, 5.74) is 0.995. The first-order valence-electron chi connectivity index (χ1n) is 10.6. The summed E-state index contributed by atoms with van der Waals surface area (Å²) in [4.78, 5) is 26.3. The molecule has 0 fully saturated rings. The maximum atomic E-state index is 13.4. The van der Waals surface area contributed by atoms with E-state index in [2.05, 4.69) is 4.74 Å². The average Bonchev–Trinajstić information content (AvgIpc) is 3.18. The van der Waals surface area contributed by atoms with E-state index in [1.807, 2.05) is 0 Å². The number of aryl methyl sites for hydroxylation is 1. The Morgan fingerprint density at radius 1 is 1.03 bits per heavy atom. The van der Waals surface area contributed by atoms with Gasteiger partial charge in [-0.2, -0.15) is 0 Å². The third kappa shape index (κ3) is 5.13. The van der Waals surface area contributed by atoms with Crippen LogP contribution in [0.15, 0.2) is 64.2 Å². The lowest BCUT2D eigenvalue weighted by atomic mass is 10.1. The van der Waals surface area contributed by atoms with Crippen LogP contribution in [0.25, 0.3) is 22.3 Å². The van der Waals surface area contributed by atoms with E-state index >= 15 is 0 Å². The Bertz CT molecular complexity index is 1490. The van der Waals surface area contributed by atoms with E-state index in [0.29, 0.717) is 21.8 Å². The summed E-state index contributed by atoms with van der Waals surface area (Å²) in [5, 5.41) is 9.72. The van der Waals surface area contributed by atoms with Crippen molar-refractivity contribution in [3.05, 3.63) is 86.0 Å². The van der Waals surface area contributed by atoms with Crippen LogP contribution in [-0.2, 0) is 20.1 Å². The summed E-state index contributed by atoms with van der Waals surface area (Å²) in [6.07, 6.45) is -4.65. The molecule has 0 aliphatic rings. The summed E-state index contributed by atoms with van der Waals surface area (Å²) in [5.74, 6) is -0.410. The zero-order valence-electron chi connectivity index (χ0n) is 18.6. The molecular formula is C24H21ClF3N3O4. The molecule has 4 rings (SSSR count). The van der Waals surface area contributed by atoms with Crippen LogP contribution in [0.2, 0.25) is 5.02 Å². The molecule has 2 heterocycles. The molecule has 11 heteroatoms. The maximum Gasteiger partial charge on any atom is 0.573 e. The van der Waals surface area contributed by atoms with E-state index < -0.39 is 23.4 Å². The van der Waals surface area contributed by atoms with Crippen molar-refractivity contribution in [3.63, 3.8) is 0 Å². The number of benzene rings is 2. The minimum atomic E-state index is -4.86. The molecule has 0 saturated heterocycles. The van der Waals surface area contributed by atoms with E-state index in [9.17, 15) is 27.9 Å². The molecule has 35 heavy (non-hydrogen) atoms. The number of halogens is 4. The number of aromatic nitrogens is 3. The predicted molar refractivity (Wildman–Crippen MR) is 126 cm³/mol. The van der Waals surface area contributed by atoms with E-state index in [0.717, 1.165) is 10.1 Å². The second kappa shape index (κ2) is 9.63. The van der Waals surface area contributed by atoms with Gasteiger partial charge >= 0.3 is 12.1 Å². The minimum absolute atomic E-state index is 0.0221. The second-order valence-corrected chi connectivity index (χ2v) is 8.36. The Morgan fingerprint density at radius 2 is 1.74 bits per heavy atom. The van der Waals surface area contributed by atoms with Crippen LogP contribution < -0.4 is 16.0 Å². The standard InChI is InChI=1S/C24H21ClF3N3O4/c1-29-20-13-19(16-4-2-5-18(12-16)35-24(26,27)28)31(14-15-6-8-17(25)9-7-15)21(20)22(33)30(23(29)34)10-3-11-32/h2,4-9,12-13,32H,3,10-11,14H2,1H3. The fourth-order valence-electron chi connectivity index (χ4n) is 3.97. The number of hydrogen-bond donors (Lipinski definition) is 1. The number of ether oxygens (including phenoxy) is 1. The molecule has 0 aliphatic carbocycles. The number of aliphatic hydroxyl groups excluding tert-OH is 1. The van der Waals surface area contributed by atoms with Crippen LogP contribution in [-0.4, -0.2) is 31.8 Å². The summed E-state index contributed by atoms with van der Waals surface area (Å²) < 4.78 is 46.5. The highest BCUT2D eigenvalue weighted by molar-refractivity contribution is 6.30. The van der Waals surface area contributed by atoms with Gasteiger partial charge in [0.1, 0.15) is 11.3 Å². The van der Waals surface area contributed by atoms with E-state index in [4.69, 9.17) is 11.6 Å². The first-order chi connectivity index (χ1) is 16.6. The van der Waals surface area contributed by atoms with Crippen LogP contribution in [0.3, 0.4) is 0 Å². The van der Waals surface area contributed by atoms with Crippen molar-refractivity contribution in [2.45, 2.75) is 25.9 Å². The summed E-state index contributed by atoms with van der Waals surface area (Å²) in [7, 11) is 1.51. The maximum absolute atomic E-state index is 13.4. The zero-order chi connectivity index (χ0) is 25.3. The Morgan fingerprint density at radius 3 is 2.40 bits per heavy atom.